The van der Waals surface area contributed by atoms with Gasteiger partial charge in [0.2, 0.25) is 5.91 Å². The standard InChI is InChI=1S/C13H21N3O4/c1-2-6-15(9-3-4-9)13(20)16-7-5-14-12(19)10(16)8-11(17)18/h9-10H,2-8H2,1H3,(H,14,19)(H,17,18). The summed E-state index contributed by atoms with van der Waals surface area (Å²) in [5.74, 6) is -1.45. The normalized spacial score (nSPS) is 22.4. The van der Waals surface area contributed by atoms with Crippen LogP contribution < -0.4 is 5.32 Å². The van der Waals surface area contributed by atoms with E-state index in [1.807, 2.05) is 6.92 Å². The molecule has 2 rings (SSSR count). The van der Waals surface area contributed by atoms with Crippen LogP contribution in [0.15, 0.2) is 0 Å². The molecule has 0 spiro atoms. The van der Waals surface area contributed by atoms with Crippen LogP contribution in [0.5, 0.6) is 0 Å². The lowest BCUT2D eigenvalue weighted by Crippen LogP contribution is -2.60. The Morgan fingerprint density at radius 1 is 1.45 bits per heavy atom. The number of aliphatic carboxylic acids is 1. The fourth-order valence-electron chi connectivity index (χ4n) is 2.54. The maximum atomic E-state index is 12.6. The van der Waals surface area contributed by atoms with E-state index in [1.54, 1.807) is 4.90 Å². The van der Waals surface area contributed by atoms with E-state index in [1.165, 1.54) is 4.90 Å². The quantitative estimate of drug-likeness (QED) is 0.757. The molecule has 2 aliphatic rings. The second kappa shape index (κ2) is 6.11. The fourth-order valence-corrected chi connectivity index (χ4v) is 2.54. The van der Waals surface area contributed by atoms with Crippen LogP contribution in [0.3, 0.4) is 0 Å². The van der Waals surface area contributed by atoms with Crippen LogP contribution >= 0.6 is 0 Å². The van der Waals surface area contributed by atoms with Crippen molar-refractivity contribution in [2.75, 3.05) is 19.6 Å². The van der Waals surface area contributed by atoms with Gasteiger partial charge < -0.3 is 20.2 Å². The Labute approximate surface area is 117 Å². The summed E-state index contributed by atoms with van der Waals surface area (Å²) in [6.45, 7) is 3.41. The van der Waals surface area contributed by atoms with Gasteiger partial charge in [0.1, 0.15) is 6.04 Å². The van der Waals surface area contributed by atoms with E-state index in [-0.39, 0.29) is 24.4 Å². The summed E-state index contributed by atoms with van der Waals surface area (Å²) in [5.41, 5.74) is 0. The molecule has 0 aromatic rings. The molecule has 1 heterocycles. The van der Waals surface area contributed by atoms with Gasteiger partial charge in [0.05, 0.1) is 6.42 Å². The van der Waals surface area contributed by atoms with Crippen LogP contribution in [-0.4, -0.2) is 64.5 Å². The summed E-state index contributed by atoms with van der Waals surface area (Å²) in [6, 6.07) is -0.833. The second-order valence-corrected chi connectivity index (χ2v) is 5.31. The molecule has 112 valence electrons. The van der Waals surface area contributed by atoms with Gasteiger partial charge >= 0.3 is 12.0 Å². The first-order chi connectivity index (χ1) is 9.54. The average molecular weight is 283 g/mol. The van der Waals surface area contributed by atoms with Crippen molar-refractivity contribution >= 4 is 17.9 Å². The highest BCUT2D eigenvalue weighted by atomic mass is 16.4. The molecule has 1 unspecified atom stereocenters. The van der Waals surface area contributed by atoms with Crippen LogP contribution in [0, 0.1) is 0 Å². The monoisotopic (exact) mass is 283 g/mol. The Morgan fingerprint density at radius 3 is 2.70 bits per heavy atom. The average Bonchev–Trinajstić information content (AvgIpc) is 3.21. The number of amides is 3. The number of urea groups is 1. The Bertz CT molecular complexity index is 408. The van der Waals surface area contributed by atoms with Crippen molar-refractivity contribution in [3.63, 3.8) is 0 Å². The number of piperazine rings is 1. The van der Waals surface area contributed by atoms with Gasteiger partial charge in [-0.1, -0.05) is 6.92 Å². The summed E-state index contributed by atoms with van der Waals surface area (Å²) < 4.78 is 0. The van der Waals surface area contributed by atoms with Gasteiger partial charge in [0.25, 0.3) is 0 Å². The van der Waals surface area contributed by atoms with Crippen LogP contribution in [0.1, 0.15) is 32.6 Å². The van der Waals surface area contributed by atoms with Crippen molar-refractivity contribution in [3.05, 3.63) is 0 Å². The number of carbonyl (C=O) groups excluding carboxylic acids is 2. The van der Waals surface area contributed by atoms with Crippen molar-refractivity contribution in [2.24, 2.45) is 0 Å². The number of nitrogens with one attached hydrogen (secondary N) is 1. The smallest absolute Gasteiger partial charge is 0.321 e. The predicted octanol–water partition coefficient (Wildman–Crippen LogP) is 0.256. The highest BCUT2D eigenvalue weighted by Crippen LogP contribution is 2.28. The van der Waals surface area contributed by atoms with E-state index in [2.05, 4.69) is 5.32 Å². The maximum Gasteiger partial charge on any atom is 0.321 e. The van der Waals surface area contributed by atoms with Crippen molar-refractivity contribution < 1.29 is 19.5 Å². The Morgan fingerprint density at radius 2 is 2.15 bits per heavy atom. The Hall–Kier alpha value is -1.79. The molecular weight excluding hydrogens is 262 g/mol. The number of nitrogens with zero attached hydrogens (tertiary/aromatic N) is 2. The summed E-state index contributed by atoms with van der Waals surface area (Å²) >= 11 is 0. The SMILES string of the molecule is CCCN(C(=O)N1CCNC(=O)C1CC(=O)O)C1CC1. The lowest BCUT2D eigenvalue weighted by molar-refractivity contribution is -0.142. The summed E-state index contributed by atoms with van der Waals surface area (Å²) in [6.07, 6.45) is 2.50. The number of rotatable bonds is 5. The predicted molar refractivity (Wildman–Crippen MR) is 71.2 cm³/mol. The molecule has 0 radical (unpaired) electrons. The molecule has 1 aliphatic heterocycles. The van der Waals surface area contributed by atoms with Crippen molar-refractivity contribution in [1.82, 2.24) is 15.1 Å². The molecule has 0 aromatic heterocycles. The van der Waals surface area contributed by atoms with Gasteiger partial charge in [0, 0.05) is 25.7 Å². The van der Waals surface area contributed by atoms with Gasteiger partial charge in [-0.25, -0.2) is 4.79 Å². The molecule has 2 fully saturated rings. The maximum absolute atomic E-state index is 12.6. The third kappa shape index (κ3) is 3.20. The van der Waals surface area contributed by atoms with E-state index in [4.69, 9.17) is 5.11 Å². The number of carboxylic acid groups (broad SMARTS) is 1. The highest BCUT2D eigenvalue weighted by molar-refractivity contribution is 5.91. The minimum absolute atomic E-state index is 0.199. The fraction of sp³-hybridized carbons (Fsp3) is 0.769. The molecule has 1 atom stereocenters. The van der Waals surface area contributed by atoms with E-state index in [9.17, 15) is 14.4 Å². The van der Waals surface area contributed by atoms with Crippen LogP contribution in [-0.2, 0) is 9.59 Å². The number of carboxylic acids is 1. The third-order valence-corrected chi connectivity index (χ3v) is 3.64. The van der Waals surface area contributed by atoms with Crippen molar-refractivity contribution in [2.45, 2.75) is 44.7 Å². The topological polar surface area (TPSA) is 90.0 Å². The molecule has 3 amide bonds. The first-order valence-electron chi connectivity index (χ1n) is 7.11. The van der Waals surface area contributed by atoms with Gasteiger partial charge in [-0.3, -0.25) is 9.59 Å². The molecular formula is C13H21N3O4. The van der Waals surface area contributed by atoms with Gasteiger partial charge in [0.15, 0.2) is 0 Å². The molecule has 7 heteroatoms. The zero-order chi connectivity index (χ0) is 14.7. The zero-order valence-corrected chi connectivity index (χ0v) is 11.7. The van der Waals surface area contributed by atoms with Gasteiger partial charge in [-0.05, 0) is 19.3 Å². The Kier molecular flexibility index (Phi) is 4.46. The lowest BCUT2D eigenvalue weighted by Gasteiger charge is -2.38. The summed E-state index contributed by atoms with van der Waals surface area (Å²) in [5, 5.41) is 11.5. The number of hydrogen-bond donors (Lipinski definition) is 2. The third-order valence-electron chi connectivity index (χ3n) is 3.64. The minimum Gasteiger partial charge on any atom is -0.481 e. The van der Waals surface area contributed by atoms with E-state index in [0.717, 1.165) is 19.3 Å². The Balaban J connectivity index is 2.11. The molecule has 1 aliphatic carbocycles. The molecule has 0 aromatic carbocycles. The largest absolute Gasteiger partial charge is 0.481 e. The summed E-state index contributed by atoms with van der Waals surface area (Å²) in [7, 11) is 0. The molecule has 20 heavy (non-hydrogen) atoms. The first kappa shape index (κ1) is 14.6. The van der Waals surface area contributed by atoms with Crippen molar-refractivity contribution in [1.29, 1.82) is 0 Å². The zero-order valence-electron chi connectivity index (χ0n) is 11.7. The highest BCUT2D eigenvalue weighted by Gasteiger charge is 2.40. The molecule has 7 nitrogen and oxygen atoms in total. The summed E-state index contributed by atoms with van der Waals surface area (Å²) in [4.78, 5) is 38.5. The minimum atomic E-state index is -1.07. The molecule has 2 N–H and O–H groups in total. The van der Waals surface area contributed by atoms with Crippen LogP contribution in [0.25, 0.3) is 0 Å². The van der Waals surface area contributed by atoms with Gasteiger partial charge in [-0.2, -0.15) is 0 Å². The molecule has 1 saturated heterocycles. The van der Waals surface area contributed by atoms with E-state index < -0.39 is 12.0 Å². The molecule has 1 saturated carbocycles. The molecule has 0 bridgehead atoms. The van der Waals surface area contributed by atoms with Crippen molar-refractivity contribution in [3.8, 4) is 0 Å². The number of hydrogen-bond acceptors (Lipinski definition) is 3. The van der Waals surface area contributed by atoms with E-state index in [0.29, 0.717) is 19.6 Å². The second-order valence-electron chi connectivity index (χ2n) is 5.31. The van der Waals surface area contributed by atoms with Crippen LogP contribution in [0.2, 0.25) is 0 Å². The lowest BCUT2D eigenvalue weighted by atomic mass is 10.1. The number of carbonyl (C=O) groups is 3. The van der Waals surface area contributed by atoms with Crippen LogP contribution in [0.4, 0.5) is 4.79 Å². The first-order valence-corrected chi connectivity index (χ1v) is 7.11. The van der Waals surface area contributed by atoms with E-state index >= 15 is 0 Å². The van der Waals surface area contributed by atoms with Gasteiger partial charge in [-0.15, -0.1) is 0 Å².